The van der Waals surface area contributed by atoms with Gasteiger partial charge < -0.3 is 5.32 Å². The van der Waals surface area contributed by atoms with Gasteiger partial charge in [0.15, 0.2) is 5.82 Å². The number of nitriles is 1. The number of aromatic nitrogens is 3. The standard InChI is InChI=1S/C23H14Cl2FN7/c24-16-8-10-17(11-9-16)29-22-30-21(20-18(25)2-1-3-19(20)26)31-23(32-22)33-28-13-15-6-4-14(12-27)5-7-15/h1-11,13H,(H2,29,30,31,32,33). The first-order valence-electron chi connectivity index (χ1n) is 9.54. The van der Waals surface area contributed by atoms with E-state index in [2.05, 4.69) is 36.9 Å². The van der Waals surface area contributed by atoms with Crippen LogP contribution >= 0.6 is 23.2 Å². The Morgan fingerprint density at radius 3 is 2.33 bits per heavy atom. The Hall–Kier alpha value is -4.06. The average Bonchev–Trinajstić information content (AvgIpc) is 2.81. The summed E-state index contributed by atoms with van der Waals surface area (Å²) in [6, 6.07) is 20.1. The van der Waals surface area contributed by atoms with Gasteiger partial charge in [-0.1, -0.05) is 41.4 Å². The zero-order chi connectivity index (χ0) is 23.2. The number of benzene rings is 3. The number of nitrogens with one attached hydrogen (secondary N) is 2. The van der Waals surface area contributed by atoms with Gasteiger partial charge in [-0.2, -0.15) is 25.3 Å². The molecule has 0 fully saturated rings. The predicted molar refractivity (Wildman–Crippen MR) is 127 cm³/mol. The highest BCUT2D eigenvalue weighted by Gasteiger charge is 2.16. The molecule has 0 aliphatic carbocycles. The summed E-state index contributed by atoms with van der Waals surface area (Å²) in [5, 5.41) is 16.8. The monoisotopic (exact) mass is 477 g/mol. The van der Waals surface area contributed by atoms with Crippen LogP contribution in [-0.2, 0) is 0 Å². The SMILES string of the molecule is N#Cc1ccc(C=NNc2nc(Nc3ccc(Cl)cc3)nc(-c3c(F)cccc3Cl)n2)cc1. The summed E-state index contributed by atoms with van der Waals surface area (Å²) in [6.07, 6.45) is 1.53. The van der Waals surface area contributed by atoms with Gasteiger partial charge in [0.2, 0.25) is 11.9 Å². The third kappa shape index (κ3) is 5.60. The molecule has 1 heterocycles. The Morgan fingerprint density at radius 1 is 0.909 bits per heavy atom. The van der Waals surface area contributed by atoms with Gasteiger partial charge in [0, 0.05) is 10.7 Å². The molecule has 0 unspecified atom stereocenters. The van der Waals surface area contributed by atoms with Crippen molar-refractivity contribution in [3.63, 3.8) is 0 Å². The van der Waals surface area contributed by atoms with Gasteiger partial charge in [0.25, 0.3) is 0 Å². The minimum atomic E-state index is -0.571. The molecule has 0 aliphatic heterocycles. The molecule has 0 saturated heterocycles. The summed E-state index contributed by atoms with van der Waals surface area (Å²) in [6.45, 7) is 0. The molecule has 0 spiro atoms. The fourth-order valence-corrected chi connectivity index (χ4v) is 3.15. The molecule has 4 aromatic rings. The summed E-state index contributed by atoms with van der Waals surface area (Å²) < 4.78 is 14.5. The van der Waals surface area contributed by atoms with Gasteiger partial charge >= 0.3 is 0 Å². The average molecular weight is 478 g/mol. The van der Waals surface area contributed by atoms with E-state index in [0.717, 1.165) is 5.56 Å². The lowest BCUT2D eigenvalue weighted by Crippen LogP contribution is -2.06. The van der Waals surface area contributed by atoms with Gasteiger partial charge in [0.1, 0.15) is 5.82 Å². The molecule has 0 bridgehead atoms. The maximum absolute atomic E-state index is 14.5. The van der Waals surface area contributed by atoms with E-state index in [0.29, 0.717) is 16.3 Å². The van der Waals surface area contributed by atoms with Gasteiger partial charge in [0.05, 0.1) is 28.4 Å². The summed E-state index contributed by atoms with van der Waals surface area (Å²) in [5.74, 6) is -0.322. The van der Waals surface area contributed by atoms with Gasteiger partial charge in [-0.3, -0.25) is 0 Å². The largest absolute Gasteiger partial charge is 0.324 e. The summed E-state index contributed by atoms with van der Waals surface area (Å²) in [5.41, 5.74) is 4.73. The Balaban J connectivity index is 1.66. The zero-order valence-corrected chi connectivity index (χ0v) is 18.3. The van der Waals surface area contributed by atoms with Crippen LogP contribution < -0.4 is 10.7 Å². The lowest BCUT2D eigenvalue weighted by atomic mass is 10.2. The molecule has 2 N–H and O–H groups in total. The Bertz CT molecular complexity index is 1330. The van der Waals surface area contributed by atoms with Crippen molar-refractivity contribution in [3.05, 3.63) is 93.7 Å². The highest BCUT2D eigenvalue weighted by Crippen LogP contribution is 2.29. The Kier molecular flexibility index (Phi) is 6.74. The number of rotatable bonds is 6. The molecular weight excluding hydrogens is 464 g/mol. The normalized spacial score (nSPS) is 10.7. The first kappa shape index (κ1) is 22.1. The quantitative estimate of drug-likeness (QED) is 0.259. The summed E-state index contributed by atoms with van der Waals surface area (Å²) in [7, 11) is 0. The smallest absolute Gasteiger partial charge is 0.248 e. The first-order chi connectivity index (χ1) is 16.0. The zero-order valence-electron chi connectivity index (χ0n) is 16.8. The molecule has 0 amide bonds. The van der Waals surface area contributed by atoms with E-state index in [1.54, 1.807) is 54.6 Å². The minimum Gasteiger partial charge on any atom is -0.324 e. The Labute approximate surface area is 198 Å². The van der Waals surface area contributed by atoms with Crippen LogP contribution in [0.25, 0.3) is 11.4 Å². The van der Waals surface area contributed by atoms with Gasteiger partial charge in [-0.25, -0.2) is 9.82 Å². The van der Waals surface area contributed by atoms with Crippen molar-refractivity contribution >= 4 is 47.0 Å². The second-order valence-corrected chi connectivity index (χ2v) is 7.48. The van der Waals surface area contributed by atoms with Crippen molar-refractivity contribution in [2.24, 2.45) is 5.10 Å². The van der Waals surface area contributed by atoms with E-state index >= 15 is 0 Å². The minimum absolute atomic E-state index is 0.0284. The molecule has 0 atom stereocenters. The molecule has 0 saturated carbocycles. The van der Waals surface area contributed by atoms with E-state index < -0.39 is 5.82 Å². The van der Waals surface area contributed by atoms with Crippen LogP contribution in [0.4, 0.5) is 22.0 Å². The maximum atomic E-state index is 14.5. The molecule has 0 aliphatic rings. The van der Waals surface area contributed by atoms with Crippen LogP contribution in [0.15, 0.2) is 71.8 Å². The van der Waals surface area contributed by atoms with Gasteiger partial charge in [-0.15, -0.1) is 0 Å². The highest BCUT2D eigenvalue weighted by atomic mass is 35.5. The number of hydrogen-bond donors (Lipinski definition) is 2. The van der Waals surface area contributed by atoms with Crippen LogP contribution in [0, 0.1) is 17.1 Å². The van der Waals surface area contributed by atoms with Crippen molar-refractivity contribution in [3.8, 4) is 17.5 Å². The molecule has 4 rings (SSSR count). The lowest BCUT2D eigenvalue weighted by Gasteiger charge is -2.10. The summed E-state index contributed by atoms with van der Waals surface area (Å²) >= 11 is 12.1. The van der Waals surface area contributed by atoms with E-state index in [1.165, 1.54) is 18.3 Å². The van der Waals surface area contributed by atoms with Crippen molar-refractivity contribution in [1.29, 1.82) is 5.26 Å². The number of halogens is 3. The topological polar surface area (TPSA) is 98.9 Å². The number of anilines is 3. The van der Waals surface area contributed by atoms with Crippen molar-refractivity contribution in [2.75, 3.05) is 10.7 Å². The van der Waals surface area contributed by atoms with Crippen LogP contribution in [0.5, 0.6) is 0 Å². The fraction of sp³-hybridized carbons (Fsp3) is 0. The second-order valence-electron chi connectivity index (χ2n) is 6.64. The van der Waals surface area contributed by atoms with E-state index in [9.17, 15) is 4.39 Å². The molecule has 1 aromatic heterocycles. The first-order valence-corrected chi connectivity index (χ1v) is 10.3. The molecule has 33 heavy (non-hydrogen) atoms. The lowest BCUT2D eigenvalue weighted by molar-refractivity contribution is 0.630. The van der Waals surface area contributed by atoms with Crippen molar-refractivity contribution in [1.82, 2.24) is 15.0 Å². The molecule has 162 valence electrons. The number of hydrogen-bond acceptors (Lipinski definition) is 7. The van der Waals surface area contributed by atoms with Crippen LogP contribution in [-0.4, -0.2) is 21.2 Å². The van der Waals surface area contributed by atoms with Crippen LogP contribution in [0.3, 0.4) is 0 Å². The molecular formula is C23H14Cl2FN7. The summed E-state index contributed by atoms with van der Waals surface area (Å²) in [4.78, 5) is 12.9. The highest BCUT2D eigenvalue weighted by molar-refractivity contribution is 6.33. The molecule has 3 aromatic carbocycles. The van der Waals surface area contributed by atoms with Crippen LogP contribution in [0.2, 0.25) is 10.0 Å². The molecule has 7 nitrogen and oxygen atoms in total. The second kappa shape index (κ2) is 10.0. The van der Waals surface area contributed by atoms with E-state index in [1.807, 2.05) is 0 Å². The fourth-order valence-electron chi connectivity index (χ4n) is 2.78. The number of nitrogens with zero attached hydrogens (tertiary/aromatic N) is 5. The van der Waals surface area contributed by atoms with Crippen molar-refractivity contribution < 1.29 is 4.39 Å². The Morgan fingerprint density at radius 2 is 1.64 bits per heavy atom. The molecule has 0 radical (unpaired) electrons. The predicted octanol–water partition coefficient (Wildman–Crippen LogP) is 6.05. The van der Waals surface area contributed by atoms with E-state index in [4.69, 9.17) is 28.5 Å². The molecule has 10 heteroatoms. The van der Waals surface area contributed by atoms with Crippen molar-refractivity contribution in [2.45, 2.75) is 0 Å². The third-order valence-corrected chi connectivity index (χ3v) is 4.91. The maximum Gasteiger partial charge on any atom is 0.248 e. The van der Waals surface area contributed by atoms with Gasteiger partial charge in [-0.05, 0) is 54.1 Å². The van der Waals surface area contributed by atoms with E-state index in [-0.39, 0.29) is 28.3 Å². The number of hydrazone groups is 1. The third-order valence-electron chi connectivity index (χ3n) is 4.34. The van der Waals surface area contributed by atoms with Crippen LogP contribution in [0.1, 0.15) is 11.1 Å².